The van der Waals surface area contributed by atoms with Gasteiger partial charge < -0.3 is 5.32 Å². The Bertz CT molecular complexity index is 730. The van der Waals surface area contributed by atoms with Crippen LogP contribution in [0.5, 0.6) is 0 Å². The van der Waals surface area contributed by atoms with Gasteiger partial charge >= 0.3 is 6.18 Å². The Balaban J connectivity index is 2.39. The number of rotatable bonds is 4. The zero-order chi connectivity index (χ0) is 18.3. The standard InChI is InChI=1S/C19H20F3N3/c1-23-13-16-10-9-15(14-7-5-3-4-6-8-14)11-12-17(16)25-18(24-2)19(20,21)22/h3,5-9,11-12,23H,2,4,10,13H2,1H3/b25-18-. The fourth-order valence-corrected chi connectivity index (χ4v) is 2.47. The smallest absolute Gasteiger partial charge is 0.316 e. The first-order valence-electron chi connectivity index (χ1n) is 7.87. The van der Waals surface area contributed by atoms with E-state index in [1.807, 2.05) is 36.5 Å². The van der Waals surface area contributed by atoms with Crippen LogP contribution in [0.4, 0.5) is 13.2 Å². The summed E-state index contributed by atoms with van der Waals surface area (Å²) in [6.07, 6.45) is 12.2. The lowest BCUT2D eigenvalue weighted by Gasteiger charge is -2.09. The van der Waals surface area contributed by atoms with Crippen LogP contribution in [0.15, 0.2) is 81.0 Å². The summed E-state index contributed by atoms with van der Waals surface area (Å²) in [6.45, 7) is 3.42. The third-order valence-electron chi connectivity index (χ3n) is 3.69. The van der Waals surface area contributed by atoms with E-state index in [1.54, 1.807) is 19.2 Å². The van der Waals surface area contributed by atoms with Gasteiger partial charge in [0.25, 0.3) is 0 Å². The van der Waals surface area contributed by atoms with Crippen molar-refractivity contribution in [3.8, 4) is 0 Å². The van der Waals surface area contributed by atoms with Crippen molar-refractivity contribution in [1.82, 2.24) is 5.32 Å². The van der Waals surface area contributed by atoms with Crippen molar-refractivity contribution in [3.05, 3.63) is 71.0 Å². The molecule has 0 amide bonds. The Morgan fingerprint density at radius 3 is 2.68 bits per heavy atom. The monoisotopic (exact) mass is 347 g/mol. The van der Waals surface area contributed by atoms with Crippen LogP contribution in [-0.4, -0.2) is 32.3 Å². The second-order valence-corrected chi connectivity index (χ2v) is 5.50. The summed E-state index contributed by atoms with van der Waals surface area (Å²) >= 11 is 0. The fraction of sp³-hybridized carbons (Fsp3) is 0.263. The average Bonchev–Trinajstić information content (AvgIpc) is 2.93. The molecule has 1 N–H and O–H groups in total. The lowest BCUT2D eigenvalue weighted by atomic mass is 10.0. The lowest BCUT2D eigenvalue weighted by molar-refractivity contribution is -0.0596. The second kappa shape index (κ2) is 8.58. The van der Waals surface area contributed by atoms with Gasteiger partial charge in [0.1, 0.15) is 0 Å². The van der Waals surface area contributed by atoms with E-state index in [-0.39, 0.29) is 5.70 Å². The SMILES string of the molecule is C=N/C(=N\C1=C(CNC)CC=C(C2=CC=CCC=C2)C=C1)C(F)(F)F. The molecule has 0 radical (unpaired) electrons. The number of likely N-dealkylation sites (N-methyl/N-ethyl adjacent to an activating group) is 1. The van der Waals surface area contributed by atoms with E-state index in [4.69, 9.17) is 0 Å². The quantitative estimate of drug-likeness (QED) is 0.592. The number of halogens is 3. The van der Waals surface area contributed by atoms with Gasteiger partial charge in [-0.2, -0.15) is 13.2 Å². The van der Waals surface area contributed by atoms with Gasteiger partial charge in [-0.15, -0.1) is 0 Å². The minimum Gasteiger partial charge on any atom is -0.316 e. The number of alkyl halides is 3. The molecule has 0 bridgehead atoms. The molecule has 0 spiro atoms. The number of amidine groups is 1. The number of aliphatic imine (C=N–C) groups is 2. The first-order valence-corrected chi connectivity index (χ1v) is 7.87. The number of hydrogen-bond acceptors (Lipinski definition) is 2. The summed E-state index contributed by atoms with van der Waals surface area (Å²) in [7, 11) is 1.74. The molecule has 0 saturated heterocycles. The van der Waals surface area contributed by atoms with Crippen LogP contribution in [-0.2, 0) is 0 Å². The van der Waals surface area contributed by atoms with Crippen molar-refractivity contribution < 1.29 is 13.2 Å². The molecule has 0 saturated carbocycles. The highest BCUT2D eigenvalue weighted by Gasteiger charge is 2.35. The van der Waals surface area contributed by atoms with Crippen molar-refractivity contribution in [2.24, 2.45) is 9.98 Å². The third kappa shape index (κ3) is 5.26. The molecule has 6 heteroatoms. The van der Waals surface area contributed by atoms with E-state index >= 15 is 0 Å². The van der Waals surface area contributed by atoms with Crippen molar-refractivity contribution in [2.75, 3.05) is 13.6 Å². The zero-order valence-corrected chi connectivity index (χ0v) is 14.0. The molecule has 132 valence electrons. The minimum atomic E-state index is -4.63. The van der Waals surface area contributed by atoms with Gasteiger partial charge in [0.2, 0.25) is 5.84 Å². The summed E-state index contributed by atoms with van der Waals surface area (Å²) in [5.74, 6) is -1.24. The van der Waals surface area contributed by atoms with E-state index in [0.717, 1.165) is 23.1 Å². The first-order chi connectivity index (χ1) is 12.0. The Kier molecular flexibility index (Phi) is 6.47. The van der Waals surface area contributed by atoms with E-state index in [1.165, 1.54) is 0 Å². The number of nitrogens with zero attached hydrogens (tertiary/aromatic N) is 2. The maximum atomic E-state index is 12.9. The molecule has 2 aliphatic rings. The van der Waals surface area contributed by atoms with E-state index < -0.39 is 12.0 Å². The summed E-state index contributed by atoms with van der Waals surface area (Å²) < 4.78 is 38.8. The summed E-state index contributed by atoms with van der Waals surface area (Å²) in [6, 6.07) is 0. The van der Waals surface area contributed by atoms with Crippen LogP contribution < -0.4 is 5.32 Å². The molecule has 0 fully saturated rings. The van der Waals surface area contributed by atoms with Crippen molar-refractivity contribution >= 4 is 12.6 Å². The maximum absolute atomic E-state index is 12.9. The normalized spacial score (nSPS) is 18.6. The van der Waals surface area contributed by atoms with Crippen LogP contribution >= 0.6 is 0 Å². The highest BCUT2D eigenvalue weighted by molar-refractivity contribution is 5.92. The van der Waals surface area contributed by atoms with Crippen LogP contribution in [0.25, 0.3) is 0 Å². The second-order valence-electron chi connectivity index (χ2n) is 5.50. The van der Waals surface area contributed by atoms with Gasteiger partial charge in [0.05, 0.1) is 5.70 Å². The molecular weight excluding hydrogens is 327 g/mol. The average molecular weight is 347 g/mol. The Hall–Kier alpha value is -2.47. The van der Waals surface area contributed by atoms with Gasteiger partial charge in [-0.05, 0) is 49.4 Å². The molecule has 0 aliphatic heterocycles. The minimum absolute atomic E-state index is 0.258. The molecule has 0 atom stereocenters. The molecule has 2 rings (SSSR count). The Morgan fingerprint density at radius 2 is 2.00 bits per heavy atom. The molecule has 25 heavy (non-hydrogen) atoms. The van der Waals surface area contributed by atoms with Crippen molar-refractivity contribution in [3.63, 3.8) is 0 Å². The highest BCUT2D eigenvalue weighted by Crippen LogP contribution is 2.26. The van der Waals surface area contributed by atoms with Crippen molar-refractivity contribution in [1.29, 1.82) is 0 Å². The van der Waals surface area contributed by atoms with Crippen LogP contribution in [0, 0.1) is 0 Å². The number of allylic oxidation sites excluding steroid dienone is 10. The van der Waals surface area contributed by atoms with Crippen LogP contribution in [0.1, 0.15) is 12.8 Å². The molecule has 2 aliphatic carbocycles. The van der Waals surface area contributed by atoms with E-state index in [2.05, 4.69) is 22.0 Å². The summed E-state index contributed by atoms with van der Waals surface area (Å²) in [5, 5.41) is 2.97. The van der Waals surface area contributed by atoms with Gasteiger partial charge in [-0.1, -0.05) is 42.5 Å². The first kappa shape index (κ1) is 18.9. The number of nitrogens with one attached hydrogen (secondary N) is 1. The Labute approximate surface area is 145 Å². The van der Waals surface area contributed by atoms with Gasteiger partial charge in [0.15, 0.2) is 0 Å². The van der Waals surface area contributed by atoms with Crippen LogP contribution in [0.2, 0.25) is 0 Å². The lowest BCUT2D eigenvalue weighted by Crippen LogP contribution is -2.21. The third-order valence-corrected chi connectivity index (χ3v) is 3.69. The highest BCUT2D eigenvalue weighted by atomic mass is 19.4. The molecular formula is C19H20F3N3. The predicted octanol–water partition coefficient (Wildman–Crippen LogP) is 4.45. The van der Waals surface area contributed by atoms with Crippen LogP contribution in [0.3, 0.4) is 0 Å². The van der Waals surface area contributed by atoms with E-state index in [0.29, 0.717) is 13.0 Å². The molecule has 0 unspecified atom stereocenters. The summed E-state index contributed by atoms with van der Waals surface area (Å²) in [5.41, 5.74) is 2.97. The molecule has 0 aromatic carbocycles. The molecule has 0 aromatic heterocycles. The van der Waals surface area contributed by atoms with Gasteiger partial charge in [0, 0.05) is 6.54 Å². The van der Waals surface area contributed by atoms with Gasteiger partial charge in [-0.25, -0.2) is 9.98 Å². The maximum Gasteiger partial charge on any atom is 0.451 e. The van der Waals surface area contributed by atoms with Gasteiger partial charge in [-0.3, -0.25) is 0 Å². The van der Waals surface area contributed by atoms with Crippen molar-refractivity contribution in [2.45, 2.75) is 19.0 Å². The topological polar surface area (TPSA) is 36.8 Å². The zero-order valence-electron chi connectivity index (χ0n) is 14.0. The predicted molar refractivity (Wildman–Crippen MR) is 96.8 cm³/mol. The largest absolute Gasteiger partial charge is 0.451 e. The molecule has 3 nitrogen and oxygen atoms in total. The van der Waals surface area contributed by atoms with E-state index in [9.17, 15) is 13.2 Å². The number of hydrogen-bond donors (Lipinski definition) is 1. The summed E-state index contributed by atoms with van der Waals surface area (Å²) in [4.78, 5) is 6.75. The fourth-order valence-electron chi connectivity index (χ4n) is 2.47. The Morgan fingerprint density at radius 1 is 1.20 bits per heavy atom. The molecule has 0 aromatic rings. The molecule has 0 heterocycles.